The van der Waals surface area contributed by atoms with Crippen molar-refractivity contribution in [3.63, 3.8) is 0 Å². The molecule has 0 aliphatic carbocycles. The van der Waals surface area contributed by atoms with Crippen molar-refractivity contribution in [3.8, 4) is 0 Å². The Bertz CT molecular complexity index is 106. The van der Waals surface area contributed by atoms with E-state index in [4.69, 9.17) is 4.74 Å². The lowest BCUT2D eigenvalue weighted by Gasteiger charge is -2.03. The smallest absolute Gasteiger partial charge is 0.0946 e. The van der Waals surface area contributed by atoms with Crippen LogP contribution in [0.5, 0.6) is 0 Å². The molecule has 0 aliphatic heterocycles. The van der Waals surface area contributed by atoms with Gasteiger partial charge in [0.1, 0.15) is 0 Å². The maximum Gasteiger partial charge on any atom is 0.0946 e. The van der Waals surface area contributed by atoms with Crippen molar-refractivity contribution in [2.24, 2.45) is 0 Å². The Hall–Kier alpha value is 0.270. The van der Waals surface area contributed by atoms with Crippen LogP contribution in [0, 0.1) is 0 Å². The topological polar surface area (TPSA) is 32.3 Å². The Morgan fingerprint density at radius 1 is 0.765 bits per heavy atom. The molecule has 0 fully saturated rings. The van der Waals surface area contributed by atoms with Crippen LogP contribution in [0.15, 0.2) is 0 Å². The number of hydrogen-bond donors (Lipinski definition) is 0. The summed E-state index contributed by atoms with van der Waals surface area (Å²) in [6, 6.07) is 0. The molecule has 0 aromatic heterocycles. The van der Waals surface area contributed by atoms with Gasteiger partial charge in [-0.1, -0.05) is 63.5 Å². The summed E-state index contributed by atoms with van der Waals surface area (Å²) in [7, 11) is 0. The normalized spacial score (nSPS) is 10.2. The Kier molecular flexibility index (Phi) is 21.5. The third-order valence-electron chi connectivity index (χ3n) is 2.28. The predicted molar refractivity (Wildman–Crippen MR) is 79.1 cm³/mol. The van der Waals surface area contributed by atoms with E-state index in [1.165, 1.54) is 51.4 Å². The Morgan fingerprint density at radius 3 is 1.41 bits per heavy atom. The van der Waals surface area contributed by atoms with Gasteiger partial charge < -0.3 is 9.29 Å². The van der Waals surface area contributed by atoms with Gasteiger partial charge in [0.2, 0.25) is 0 Å². The van der Waals surface area contributed by atoms with Crippen LogP contribution in [0.25, 0.3) is 0 Å². The highest BCUT2D eigenvalue weighted by molar-refractivity contribution is 7.89. The lowest BCUT2D eigenvalue weighted by Crippen LogP contribution is -1.96. The van der Waals surface area contributed by atoms with Crippen LogP contribution < -0.4 is 0 Å². The average Bonchev–Trinajstić information content (AvgIpc) is 2.26. The van der Waals surface area contributed by atoms with Gasteiger partial charge in [0.25, 0.3) is 0 Å². The molecule has 0 amide bonds. The zero-order chi connectivity index (χ0) is 13.4. The third kappa shape index (κ3) is 31.4. The van der Waals surface area contributed by atoms with Crippen molar-refractivity contribution in [1.29, 1.82) is 0 Å². The van der Waals surface area contributed by atoms with E-state index >= 15 is 0 Å². The third-order valence-corrected chi connectivity index (χ3v) is 2.28. The van der Waals surface area contributed by atoms with Crippen LogP contribution >= 0.6 is 0 Å². The zero-order valence-corrected chi connectivity index (χ0v) is 13.1. The molecule has 17 heavy (non-hydrogen) atoms. The van der Waals surface area contributed by atoms with Gasteiger partial charge in [-0.3, -0.25) is 0 Å². The van der Waals surface area contributed by atoms with Crippen molar-refractivity contribution in [2.75, 3.05) is 25.7 Å². The lowest BCUT2D eigenvalue weighted by atomic mass is 10.2. The molecule has 0 aromatic rings. The minimum absolute atomic E-state index is 0.611. The minimum Gasteiger partial charge on any atom is -0.617 e. The monoisotopic (exact) mass is 264 g/mol. The lowest BCUT2D eigenvalue weighted by molar-refractivity contribution is 0.126. The van der Waals surface area contributed by atoms with E-state index < -0.39 is 11.2 Å². The molecule has 0 saturated heterocycles. The molecule has 0 atom stereocenters. The molecule has 0 aliphatic rings. The largest absolute Gasteiger partial charge is 0.617 e. The molecule has 3 heteroatoms. The number of rotatable bonds is 10. The van der Waals surface area contributed by atoms with E-state index in [0.29, 0.717) is 0 Å². The fourth-order valence-corrected chi connectivity index (χ4v) is 1.36. The van der Waals surface area contributed by atoms with Gasteiger partial charge >= 0.3 is 0 Å². The first-order valence-electron chi connectivity index (χ1n) is 6.97. The van der Waals surface area contributed by atoms with Gasteiger partial charge in [-0.25, -0.2) is 0 Å². The second-order valence-electron chi connectivity index (χ2n) is 4.48. The molecule has 0 radical (unpaired) electrons. The summed E-state index contributed by atoms with van der Waals surface area (Å²) in [5.74, 6) is 0. The summed E-state index contributed by atoms with van der Waals surface area (Å²) >= 11 is -0.611. The molecule has 0 spiro atoms. The van der Waals surface area contributed by atoms with Crippen molar-refractivity contribution in [2.45, 2.75) is 65.2 Å². The van der Waals surface area contributed by atoms with E-state index in [1.807, 2.05) is 0 Å². The standard InChI is InChI=1S/C12H26O.C2H6OS/c1-3-5-7-9-11-13-12-10-8-6-4-2;1-4(2)3/h3-12H2,1-2H3;1-2H3. The Balaban J connectivity index is 0. The van der Waals surface area contributed by atoms with Crippen LogP contribution in [0.1, 0.15) is 65.2 Å². The second kappa shape index (κ2) is 18.6. The van der Waals surface area contributed by atoms with Gasteiger partial charge in [-0.05, 0) is 12.8 Å². The first-order chi connectivity index (χ1) is 8.15. The van der Waals surface area contributed by atoms with Gasteiger partial charge in [0.15, 0.2) is 0 Å². The maximum atomic E-state index is 9.56. The van der Waals surface area contributed by atoms with Gasteiger partial charge in [0.05, 0.1) is 12.5 Å². The number of ether oxygens (including phenoxy) is 1. The van der Waals surface area contributed by atoms with Crippen LogP contribution in [0.2, 0.25) is 0 Å². The van der Waals surface area contributed by atoms with Crippen molar-refractivity contribution < 1.29 is 9.29 Å². The highest BCUT2D eigenvalue weighted by Gasteiger charge is 1.90. The summed E-state index contributed by atoms with van der Waals surface area (Å²) in [5, 5.41) is 0. The molecule has 106 valence electrons. The van der Waals surface area contributed by atoms with E-state index in [2.05, 4.69) is 13.8 Å². The molecule has 0 rings (SSSR count). The van der Waals surface area contributed by atoms with E-state index in [-0.39, 0.29) is 0 Å². The van der Waals surface area contributed by atoms with Gasteiger partial charge in [-0.2, -0.15) is 0 Å². The van der Waals surface area contributed by atoms with Crippen LogP contribution in [-0.2, 0) is 15.9 Å². The first kappa shape index (κ1) is 19.6. The summed E-state index contributed by atoms with van der Waals surface area (Å²) in [6.45, 7) is 6.44. The molecule has 0 unspecified atom stereocenters. The van der Waals surface area contributed by atoms with Crippen LogP contribution in [-0.4, -0.2) is 30.3 Å². The van der Waals surface area contributed by atoms with Gasteiger partial charge in [-0.15, -0.1) is 0 Å². The van der Waals surface area contributed by atoms with Crippen molar-refractivity contribution in [3.05, 3.63) is 0 Å². The first-order valence-corrected chi connectivity index (χ1v) is 8.94. The summed E-state index contributed by atoms with van der Waals surface area (Å²) in [6.07, 6.45) is 13.8. The highest BCUT2D eigenvalue weighted by Crippen LogP contribution is 2.01. The molecular formula is C14H32O2S. The van der Waals surface area contributed by atoms with Crippen LogP contribution in [0.4, 0.5) is 0 Å². The van der Waals surface area contributed by atoms with Crippen molar-refractivity contribution in [1.82, 2.24) is 0 Å². The molecular weight excluding hydrogens is 232 g/mol. The van der Waals surface area contributed by atoms with E-state index in [0.717, 1.165) is 13.2 Å². The number of unbranched alkanes of at least 4 members (excludes halogenated alkanes) is 6. The van der Waals surface area contributed by atoms with Crippen molar-refractivity contribution >= 4 is 11.2 Å². The number of hydrogen-bond acceptors (Lipinski definition) is 2. The molecule has 0 bridgehead atoms. The fourth-order valence-electron chi connectivity index (χ4n) is 1.36. The Morgan fingerprint density at radius 2 is 1.12 bits per heavy atom. The summed E-state index contributed by atoms with van der Waals surface area (Å²) < 4.78 is 15.1. The zero-order valence-electron chi connectivity index (χ0n) is 12.3. The second-order valence-corrected chi connectivity index (χ2v) is 5.96. The predicted octanol–water partition coefficient (Wildman–Crippen LogP) is 4.16. The maximum absolute atomic E-state index is 9.56. The fraction of sp³-hybridized carbons (Fsp3) is 1.00. The molecule has 0 heterocycles. The minimum atomic E-state index is -0.611. The molecule has 0 N–H and O–H groups in total. The SMILES string of the molecule is CCCCCCOCCCCCC.C[S+](C)[O-]. The average molecular weight is 264 g/mol. The Labute approximate surface area is 112 Å². The quantitative estimate of drug-likeness (QED) is 0.438. The molecule has 2 nitrogen and oxygen atoms in total. The highest BCUT2D eigenvalue weighted by atomic mass is 32.2. The van der Waals surface area contributed by atoms with E-state index in [9.17, 15) is 4.55 Å². The molecule has 0 aromatic carbocycles. The van der Waals surface area contributed by atoms with Gasteiger partial charge in [0, 0.05) is 13.2 Å². The van der Waals surface area contributed by atoms with Crippen LogP contribution in [0.3, 0.4) is 0 Å². The summed E-state index contributed by atoms with van der Waals surface area (Å²) in [5.41, 5.74) is 0. The summed E-state index contributed by atoms with van der Waals surface area (Å²) in [4.78, 5) is 0. The molecule has 0 saturated carbocycles. The van der Waals surface area contributed by atoms with E-state index in [1.54, 1.807) is 12.5 Å².